The Bertz CT molecular complexity index is 126. The van der Waals surface area contributed by atoms with Crippen molar-refractivity contribution in [1.82, 2.24) is 5.32 Å². The van der Waals surface area contributed by atoms with Gasteiger partial charge < -0.3 is 17.3 Å². The molecule has 0 atom stereocenters. The summed E-state index contributed by atoms with van der Waals surface area (Å²) in [6, 6.07) is 0. The van der Waals surface area contributed by atoms with E-state index in [2.05, 4.69) is 22.9 Å². The van der Waals surface area contributed by atoms with Gasteiger partial charge in [0.2, 0.25) is 0 Å². The van der Waals surface area contributed by atoms with Crippen LogP contribution in [0, 0.1) is 0 Å². The molecule has 0 radical (unpaired) electrons. The van der Waals surface area contributed by atoms with Crippen LogP contribution in [0.2, 0.25) is 0 Å². The van der Waals surface area contributed by atoms with Gasteiger partial charge in [-0.15, -0.1) is 0 Å². The molecule has 0 aromatic rings. The van der Waals surface area contributed by atoms with E-state index >= 15 is 0 Å². The fourth-order valence-corrected chi connectivity index (χ4v) is 0.599. The standard InChI is InChI=1S/C4H10N2S.BF4/c1-5-4(3-7)6-2;2-1(3,4)5/h7H,3H2,1-2H3,(H,5,6);/q;-1/p+1. The SMILES string of the molecule is CNC(CS)=[NH+]C.F[B-](F)(F)F. The van der Waals surface area contributed by atoms with Crippen LogP contribution in [0.25, 0.3) is 0 Å². The molecule has 0 aromatic heterocycles. The molecule has 0 fully saturated rings. The highest BCUT2D eigenvalue weighted by atomic mass is 32.1. The molecule has 12 heavy (non-hydrogen) atoms. The normalized spacial score (nSPS) is 11.8. The minimum atomic E-state index is -6.00. The second-order valence-corrected chi connectivity index (χ2v) is 1.95. The van der Waals surface area contributed by atoms with E-state index in [0.29, 0.717) is 0 Å². The highest BCUT2D eigenvalue weighted by Gasteiger charge is 2.20. The molecule has 0 rings (SSSR count). The van der Waals surface area contributed by atoms with Gasteiger partial charge in [-0.1, -0.05) is 0 Å². The van der Waals surface area contributed by atoms with E-state index in [1.807, 2.05) is 14.1 Å². The van der Waals surface area contributed by atoms with Gasteiger partial charge in [0.15, 0.2) is 0 Å². The zero-order valence-corrected chi connectivity index (χ0v) is 7.64. The molecule has 0 aliphatic heterocycles. The Kier molecular flexibility index (Phi) is 8.56. The molecular weight excluding hydrogens is 195 g/mol. The van der Waals surface area contributed by atoms with Gasteiger partial charge in [-0.2, -0.15) is 12.6 Å². The van der Waals surface area contributed by atoms with Crippen LogP contribution in [0.4, 0.5) is 17.3 Å². The van der Waals surface area contributed by atoms with Crippen LogP contribution < -0.4 is 10.3 Å². The maximum absolute atomic E-state index is 9.75. The molecular formula is C4H11BF4N2S. The van der Waals surface area contributed by atoms with E-state index in [1.54, 1.807) is 0 Å². The summed E-state index contributed by atoms with van der Waals surface area (Å²) >= 11 is 4.01. The molecule has 74 valence electrons. The Labute approximate surface area is 74.0 Å². The number of hydrogen-bond acceptors (Lipinski definition) is 1. The first-order valence-corrected chi connectivity index (χ1v) is 3.68. The third-order valence-corrected chi connectivity index (χ3v) is 1.08. The van der Waals surface area contributed by atoms with Crippen molar-refractivity contribution in [2.75, 3.05) is 19.8 Å². The Balaban J connectivity index is 0. The van der Waals surface area contributed by atoms with E-state index in [-0.39, 0.29) is 0 Å². The Morgan fingerprint density at radius 1 is 1.42 bits per heavy atom. The molecule has 0 bridgehead atoms. The zero-order valence-electron chi connectivity index (χ0n) is 6.74. The van der Waals surface area contributed by atoms with E-state index in [0.717, 1.165) is 11.6 Å². The van der Waals surface area contributed by atoms with Crippen LogP contribution in [-0.2, 0) is 0 Å². The first-order chi connectivity index (χ1) is 5.35. The van der Waals surface area contributed by atoms with Gasteiger partial charge in [0.1, 0.15) is 0 Å². The zero-order chi connectivity index (χ0) is 10.2. The van der Waals surface area contributed by atoms with Gasteiger partial charge in [-0.05, 0) is 0 Å². The Morgan fingerprint density at radius 2 is 1.75 bits per heavy atom. The topological polar surface area (TPSA) is 26.0 Å². The van der Waals surface area contributed by atoms with Crippen molar-refractivity contribution in [3.05, 3.63) is 0 Å². The van der Waals surface area contributed by atoms with Gasteiger partial charge in [-0.25, -0.2) is 0 Å². The molecule has 0 saturated heterocycles. The molecule has 2 nitrogen and oxygen atoms in total. The molecule has 0 amide bonds. The summed E-state index contributed by atoms with van der Waals surface area (Å²) < 4.78 is 39.0. The predicted octanol–water partition coefficient (Wildman–Crippen LogP) is -0.456. The van der Waals surface area contributed by atoms with Crippen molar-refractivity contribution >= 4 is 25.7 Å². The highest BCUT2D eigenvalue weighted by Crippen LogP contribution is 2.06. The van der Waals surface area contributed by atoms with Crippen LogP contribution in [0.1, 0.15) is 0 Å². The molecule has 0 unspecified atom stereocenters. The molecule has 8 heteroatoms. The number of thiol groups is 1. The first kappa shape index (κ1) is 14.1. The van der Waals surface area contributed by atoms with Gasteiger partial charge in [0.05, 0.1) is 19.8 Å². The number of halogens is 4. The van der Waals surface area contributed by atoms with E-state index < -0.39 is 7.25 Å². The smallest absolute Gasteiger partial charge is 0.418 e. The van der Waals surface area contributed by atoms with Crippen molar-refractivity contribution in [1.29, 1.82) is 0 Å². The van der Waals surface area contributed by atoms with Gasteiger partial charge in [-0.3, -0.25) is 10.3 Å². The summed E-state index contributed by atoms with van der Waals surface area (Å²) in [7, 11) is -2.27. The average molecular weight is 206 g/mol. The average Bonchev–Trinajstić information content (AvgIpc) is 1.88. The third kappa shape index (κ3) is 22.6. The van der Waals surface area contributed by atoms with E-state index in [4.69, 9.17) is 0 Å². The quantitative estimate of drug-likeness (QED) is 0.175. The van der Waals surface area contributed by atoms with E-state index in [1.165, 1.54) is 0 Å². The number of amidine groups is 1. The van der Waals surface area contributed by atoms with Crippen LogP contribution in [0.5, 0.6) is 0 Å². The lowest BCUT2D eigenvalue weighted by atomic mass is 10.3. The summed E-state index contributed by atoms with van der Waals surface area (Å²) in [5.41, 5.74) is 0. The fraction of sp³-hybridized carbons (Fsp3) is 0.750. The van der Waals surface area contributed by atoms with Gasteiger partial charge in [0, 0.05) is 0 Å². The van der Waals surface area contributed by atoms with Crippen LogP contribution in [0.3, 0.4) is 0 Å². The molecule has 0 aromatic carbocycles. The van der Waals surface area contributed by atoms with Crippen molar-refractivity contribution in [3.8, 4) is 0 Å². The van der Waals surface area contributed by atoms with Crippen LogP contribution in [0.15, 0.2) is 0 Å². The number of nitrogens with one attached hydrogen (secondary N) is 2. The second-order valence-electron chi connectivity index (χ2n) is 1.63. The maximum Gasteiger partial charge on any atom is 0.673 e. The molecule has 0 aliphatic rings. The molecule has 2 N–H and O–H groups in total. The fourth-order valence-electron chi connectivity index (χ4n) is 0.283. The first-order valence-electron chi connectivity index (χ1n) is 3.04. The second kappa shape index (κ2) is 7.26. The summed E-state index contributed by atoms with van der Waals surface area (Å²) in [5, 5.41) is 2.93. The van der Waals surface area contributed by atoms with Crippen LogP contribution in [-0.4, -0.2) is 32.9 Å². The lowest BCUT2D eigenvalue weighted by Crippen LogP contribution is -2.71. The number of rotatable bonds is 1. The van der Waals surface area contributed by atoms with E-state index in [9.17, 15) is 17.3 Å². The van der Waals surface area contributed by atoms with Crippen molar-refractivity contribution < 1.29 is 22.3 Å². The van der Waals surface area contributed by atoms with Crippen molar-refractivity contribution in [2.45, 2.75) is 0 Å². The van der Waals surface area contributed by atoms with Crippen molar-refractivity contribution in [2.24, 2.45) is 0 Å². The van der Waals surface area contributed by atoms with Crippen molar-refractivity contribution in [3.63, 3.8) is 0 Å². The molecule has 0 spiro atoms. The lowest BCUT2D eigenvalue weighted by molar-refractivity contribution is -0.422. The summed E-state index contributed by atoms with van der Waals surface area (Å²) in [6.07, 6.45) is 0. The summed E-state index contributed by atoms with van der Waals surface area (Å²) in [5.74, 6) is 1.79. The Hall–Kier alpha value is -0.395. The third-order valence-electron chi connectivity index (χ3n) is 0.762. The predicted molar refractivity (Wildman–Crippen MR) is 45.0 cm³/mol. The largest absolute Gasteiger partial charge is 0.673 e. The summed E-state index contributed by atoms with van der Waals surface area (Å²) in [4.78, 5) is 2.93. The number of hydrogen-bond donors (Lipinski definition) is 3. The van der Waals surface area contributed by atoms with Crippen LogP contribution >= 0.6 is 12.6 Å². The molecule has 0 aliphatic carbocycles. The Morgan fingerprint density at radius 3 is 1.75 bits per heavy atom. The highest BCUT2D eigenvalue weighted by molar-refractivity contribution is 7.81. The van der Waals surface area contributed by atoms with Gasteiger partial charge in [0.25, 0.3) is 5.84 Å². The van der Waals surface area contributed by atoms with Gasteiger partial charge >= 0.3 is 7.25 Å². The maximum atomic E-state index is 9.75. The summed E-state index contributed by atoms with van der Waals surface area (Å²) in [6.45, 7) is 0. The minimum Gasteiger partial charge on any atom is -0.418 e. The minimum absolute atomic E-state index is 0.743. The molecule has 0 saturated carbocycles. The lowest BCUT2D eigenvalue weighted by Gasteiger charge is -1.94. The molecule has 0 heterocycles. The monoisotopic (exact) mass is 206 g/mol.